The van der Waals surface area contributed by atoms with Crippen LogP contribution >= 0.6 is 0 Å². The standard InChI is InChI=1S/2Cu.2Nd.3O/q;;2*+3;3*-2. The third-order valence-electron chi connectivity index (χ3n) is 0. The molecule has 0 aliphatic carbocycles. The van der Waals surface area contributed by atoms with E-state index in [1.807, 2.05) is 0 Å². The van der Waals surface area contributed by atoms with Gasteiger partial charge in [0, 0.05) is 34.1 Å². The number of rotatable bonds is 0. The average Bonchev–Trinajstić information content (AvgIpc) is 0. The molecule has 7 heteroatoms. The first kappa shape index (κ1) is 75.0. The van der Waals surface area contributed by atoms with Crippen LogP contribution in [0.1, 0.15) is 0 Å². The minimum atomic E-state index is 0. The molecule has 0 heterocycles. The summed E-state index contributed by atoms with van der Waals surface area (Å²) in [6.45, 7) is 0. The van der Waals surface area contributed by atoms with E-state index in [0.717, 1.165) is 0 Å². The van der Waals surface area contributed by atoms with Gasteiger partial charge in [0.05, 0.1) is 0 Å². The fourth-order valence-corrected chi connectivity index (χ4v) is 0. The Morgan fingerprint density at radius 2 is 0.429 bits per heavy atom. The van der Waals surface area contributed by atoms with Gasteiger partial charge in [0.1, 0.15) is 0 Å². The van der Waals surface area contributed by atoms with Crippen molar-refractivity contribution < 1.29 is 132 Å². The summed E-state index contributed by atoms with van der Waals surface area (Å²) in [6.07, 6.45) is 0. The Balaban J connectivity index is 0. The van der Waals surface area contributed by atoms with Gasteiger partial charge in [0.15, 0.2) is 0 Å². The molecule has 0 fully saturated rings. The van der Waals surface area contributed by atoms with Gasteiger partial charge in [-0.2, -0.15) is 0 Å². The SMILES string of the molecule is [Cu].[Cu].[Nd+3].[Nd+3].[O-2].[O-2].[O-2]. The fraction of sp³-hybridized carbons (Fsp3) is 0. The quantitative estimate of drug-likeness (QED) is 0.440. The predicted octanol–water partition coefficient (Wildman–Crippen LogP) is -0.361. The van der Waals surface area contributed by atoms with Crippen molar-refractivity contribution in [2.45, 2.75) is 0 Å². The van der Waals surface area contributed by atoms with Gasteiger partial charge < -0.3 is 16.4 Å². The van der Waals surface area contributed by atoms with Crippen LogP contribution in [-0.2, 0) is 50.6 Å². The van der Waals surface area contributed by atoms with E-state index in [0.29, 0.717) is 0 Å². The molecule has 0 amide bonds. The summed E-state index contributed by atoms with van der Waals surface area (Å²) in [7, 11) is 0. The van der Waals surface area contributed by atoms with Gasteiger partial charge in [-0.05, 0) is 0 Å². The van der Waals surface area contributed by atoms with Crippen molar-refractivity contribution in [1.82, 2.24) is 0 Å². The van der Waals surface area contributed by atoms with Crippen LogP contribution in [-0.4, -0.2) is 0 Å². The molecule has 7 heavy (non-hydrogen) atoms. The second-order valence-corrected chi connectivity index (χ2v) is 0. The zero-order chi connectivity index (χ0) is 0. The molecule has 0 aromatic carbocycles. The zero-order valence-electron chi connectivity index (χ0n) is 2.83. The Kier molecular flexibility index (Phi) is 584. The zero-order valence-corrected chi connectivity index (χ0v) is 11.1. The van der Waals surface area contributed by atoms with Gasteiger partial charge in [0.25, 0.3) is 0 Å². The Labute approximate surface area is 129 Å². The van der Waals surface area contributed by atoms with Crippen molar-refractivity contribution in [2.24, 2.45) is 0 Å². The largest absolute Gasteiger partial charge is 3.00 e. The van der Waals surface area contributed by atoms with Gasteiger partial charge in [0.2, 0.25) is 0 Å². The summed E-state index contributed by atoms with van der Waals surface area (Å²) in [4.78, 5) is 0. The van der Waals surface area contributed by atoms with E-state index in [-0.39, 0.29) is 132 Å². The molecule has 0 saturated carbocycles. The molecule has 0 unspecified atom stereocenters. The average molecular weight is 464 g/mol. The summed E-state index contributed by atoms with van der Waals surface area (Å²) in [6, 6.07) is 0. The maximum absolute atomic E-state index is 0. The van der Waals surface area contributed by atoms with Crippen molar-refractivity contribution in [3.05, 3.63) is 0 Å². The molecule has 0 aliphatic rings. The molecule has 0 aromatic heterocycles. The van der Waals surface area contributed by atoms with E-state index in [2.05, 4.69) is 0 Å². The van der Waals surface area contributed by atoms with Crippen LogP contribution in [0.4, 0.5) is 0 Å². The van der Waals surface area contributed by atoms with Gasteiger partial charge in [-0.3, -0.25) is 0 Å². The van der Waals surface area contributed by atoms with Crippen molar-refractivity contribution in [2.75, 3.05) is 0 Å². The van der Waals surface area contributed by atoms with Crippen LogP contribution in [0.2, 0.25) is 0 Å². The molecule has 0 spiro atoms. The predicted molar refractivity (Wildman–Crippen MR) is 2.06 cm³/mol. The van der Waals surface area contributed by atoms with Gasteiger partial charge >= 0.3 is 81.7 Å². The Bertz CT molecular complexity index is 10.9. The van der Waals surface area contributed by atoms with Crippen LogP contribution in [0.25, 0.3) is 0 Å². The summed E-state index contributed by atoms with van der Waals surface area (Å²) in [5.74, 6) is 0. The van der Waals surface area contributed by atoms with E-state index < -0.39 is 0 Å². The second-order valence-electron chi connectivity index (χ2n) is 0. The summed E-state index contributed by atoms with van der Waals surface area (Å²) < 4.78 is 0. The van der Waals surface area contributed by atoms with Crippen LogP contribution in [0.15, 0.2) is 0 Å². The van der Waals surface area contributed by atoms with E-state index >= 15 is 0 Å². The van der Waals surface area contributed by atoms with Gasteiger partial charge in [-0.25, -0.2) is 0 Å². The molecule has 0 aromatic rings. The molecule has 0 aliphatic heterocycles. The first-order chi connectivity index (χ1) is 0. The third-order valence-corrected chi connectivity index (χ3v) is 0. The van der Waals surface area contributed by atoms with Crippen molar-refractivity contribution >= 4 is 0 Å². The van der Waals surface area contributed by atoms with Crippen LogP contribution in [0.5, 0.6) is 0 Å². The Hall–Kier alpha value is 3.62. The maximum atomic E-state index is 0. The molecule has 0 atom stereocenters. The third kappa shape index (κ3) is 42.6. The molecule has 0 rings (SSSR count). The first-order valence-electron chi connectivity index (χ1n) is 0. The molecular formula is Cu2Nd2O3. The topological polar surface area (TPSA) is 85.5 Å². The molecule has 48 valence electrons. The molecular weight excluding hydrogens is 464 g/mol. The van der Waals surface area contributed by atoms with Crippen LogP contribution in [0, 0.1) is 81.7 Å². The van der Waals surface area contributed by atoms with E-state index in [9.17, 15) is 0 Å². The first-order valence-corrected chi connectivity index (χ1v) is 0. The number of hydrogen-bond donors (Lipinski definition) is 0. The minimum Gasteiger partial charge on any atom is -2.00 e. The molecule has 3 nitrogen and oxygen atoms in total. The summed E-state index contributed by atoms with van der Waals surface area (Å²) in [5.41, 5.74) is 0. The fourth-order valence-electron chi connectivity index (χ4n) is 0. The van der Waals surface area contributed by atoms with Crippen LogP contribution < -0.4 is 0 Å². The smallest absolute Gasteiger partial charge is 2.00 e. The molecule has 0 N–H and O–H groups in total. The molecule has 0 bridgehead atoms. The second kappa shape index (κ2) is 54.5. The Morgan fingerprint density at radius 1 is 0.429 bits per heavy atom. The molecule has 4 radical (unpaired) electrons. The summed E-state index contributed by atoms with van der Waals surface area (Å²) >= 11 is 0. The summed E-state index contributed by atoms with van der Waals surface area (Å²) in [5, 5.41) is 0. The van der Waals surface area contributed by atoms with Gasteiger partial charge in [-0.1, -0.05) is 0 Å². The van der Waals surface area contributed by atoms with E-state index in [1.54, 1.807) is 0 Å². The van der Waals surface area contributed by atoms with Crippen LogP contribution in [0.3, 0.4) is 0 Å². The number of hydrogen-bond acceptors (Lipinski definition) is 0. The monoisotopic (exact) mass is 458 g/mol. The molecule has 0 saturated heterocycles. The van der Waals surface area contributed by atoms with E-state index in [1.165, 1.54) is 0 Å². The van der Waals surface area contributed by atoms with Crippen molar-refractivity contribution in [3.63, 3.8) is 0 Å². The Morgan fingerprint density at radius 3 is 0.429 bits per heavy atom. The normalized spacial score (nSPS) is 0. The minimum absolute atomic E-state index is 0. The van der Waals surface area contributed by atoms with Crippen molar-refractivity contribution in [3.8, 4) is 0 Å². The van der Waals surface area contributed by atoms with Gasteiger partial charge in [-0.15, -0.1) is 0 Å². The van der Waals surface area contributed by atoms with E-state index in [4.69, 9.17) is 0 Å². The maximum Gasteiger partial charge on any atom is 3.00 e. The van der Waals surface area contributed by atoms with Crippen molar-refractivity contribution in [1.29, 1.82) is 0 Å².